The van der Waals surface area contributed by atoms with Crippen LogP contribution in [0.4, 0.5) is 11.4 Å². The summed E-state index contributed by atoms with van der Waals surface area (Å²) >= 11 is 0. The Balaban J connectivity index is 1.37. The van der Waals surface area contributed by atoms with Crippen molar-refractivity contribution in [1.29, 1.82) is 0 Å². The first-order valence-electron chi connectivity index (χ1n) is 12.8. The van der Waals surface area contributed by atoms with Gasteiger partial charge in [-0.1, -0.05) is 12.1 Å². The highest BCUT2D eigenvalue weighted by Gasteiger charge is 2.35. The van der Waals surface area contributed by atoms with Crippen LogP contribution >= 0.6 is 0 Å². The number of H-pyrrole nitrogens is 1. The SMILES string of the molecule is COc1cc(N(C(=O)C(N)=O)C(C)(C)Cc2ccc(C(=O)Nc3ccc4[nH]ccc4c3)cc2)ccc1-c1cnco1. The number of rotatable bonds is 8. The highest BCUT2D eigenvalue weighted by Crippen LogP contribution is 2.36. The van der Waals surface area contributed by atoms with E-state index < -0.39 is 17.4 Å². The van der Waals surface area contributed by atoms with Gasteiger partial charge in [0.25, 0.3) is 5.91 Å². The second kappa shape index (κ2) is 11.0. The molecule has 4 N–H and O–H groups in total. The molecule has 41 heavy (non-hydrogen) atoms. The largest absolute Gasteiger partial charge is 0.496 e. The fourth-order valence-electron chi connectivity index (χ4n) is 4.91. The summed E-state index contributed by atoms with van der Waals surface area (Å²) in [5, 5.41) is 3.92. The number of nitrogens with two attached hydrogens (primary N) is 1. The Hall–Kier alpha value is -5.38. The van der Waals surface area contributed by atoms with Gasteiger partial charge in [-0.25, -0.2) is 4.98 Å². The first-order valence-corrected chi connectivity index (χ1v) is 12.8. The number of anilines is 2. The molecule has 0 aliphatic carbocycles. The maximum atomic E-state index is 13.1. The number of benzene rings is 3. The highest BCUT2D eigenvalue weighted by atomic mass is 16.5. The lowest BCUT2D eigenvalue weighted by Crippen LogP contribution is -2.53. The third-order valence-corrected chi connectivity index (χ3v) is 6.82. The van der Waals surface area contributed by atoms with Gasteiger partial charge in [0.05, 0.1) is 18.9 Å². The topological polar surface area (TPSA) is 144 Å². The molecule has 0 saturated heterocycles. The molecule has 0 aliphatic heterocycles. The minimum Gasteiger partial charge on any atom is -0.496 e. The Morgan fingerprint density at radius 3 is 2.51 bits per heavy atom. The Morgan fingerprint density at radius 2 is 1.83 bits per heavy atom. The van der Waals surface area contributed by atoms with Gasteiger partial charge >= 0.3 is 11.8 Å². The van der Waals surface area contributed by atoms with Crippen molar-refractivity contribution >= 4 is 40.0 Å². The van der Waals surface area contributed by atoms with Crippen LogP contribution < -0.4 is 20.7 Å². The number of carbonyl (C=O) groups excluding carboxylic acids is 3. The van der Waals surface area contributed by atoms with Crippen molar-refractivity contribution < 1.29 is 23.5 Å². The van der Waals surface area contributed by atoms with E-state index in [1.165, 1.54) is 18.4 Å². The van der Waals surface area contributed by atoms with Crippen LogP contribution in [0.15, 0.2) is 89.9 Å². The van der Waals surface area contributed by atoms with E-state index in [0.717, 1.165) is 16.5 Å². The standard InChI is InChI=1S/C31H29N5O5/c1-31(2,36(30(39)28(32)37)23-9-10-24(26(15-23)40-3)27-17-33-18-41-27)16-19-4-6-20(7-5-19)29(38)35-22-8-11-25-21(14-22)12-13-34-25/h4-15,17-18,34H,16H2,1-3H3,(H2,32,37)(H,35,38). The molecule has 5 rings (SSSR count). The van der Waals surface area contributed by atoms with E-state index in [1.807, 2.05) is 56.4 Å². The van der Waals surface area contributed by atoms with Crippen LogP contribution in [0, 0.1) is 0 Å². The highest BCUT2D eigenvalue weighted by molar-refractivity contribution is 6.40. The molecule has 208 valence electrons. The zero-order valence-electron chi connectivity index (χ0n) is 22.8. The molecule has 3 amide bonds. The van der Waals surface area contributed by atoms with Gasteiger partial charge in [0, 0.05) is 45.6 Å². The molecule has 3 aromatic carbocycles. The van der Waals surface area contributed by atoms with Crippen LogP contribution in [0.2, 0.25) is 0 Å². The van der Waals surface area contributed by atoms with Gasteiger partial charge in [-0.05, 0) is 74.4 Å². The molecule has 10 heteroatoms. The number of nitrogens with one attached hydrogen (secondary N) is 2. The lowest BCUT2D eigenvalue weighted by molar-refractivity contribution is -0.136. The number of hydrogen-bond donors (Lipinski definition) is 3. The molecule has 2 heterocycles. The van der Waals surface area contributed by atoms with Gasteiger partial charge in [-0.2, -0.15) is 0 Å². The Labute approximate surface area is 236 Å². The number of fused-ring (bicyclic) bond motifs is 1. The van der Waals surface area contributed by atoms with Crippen molar-refractivity contribution in [3.05, 3.63) is 96.6 Å². The smallest absolute Gasteiger partial charge is 0.316 e. The summed E-state index contributed by atoms with van der Waals surface area (Å²) in [7, 11) is 1.50. The van der Waals surface area contributed by atoms with Crippen LogP contribution in [0.1, 0.15) is 29.8 Å². The van der Waals surface area contributed by atoms with Crippen LogP contribution in [0.25, 0.3) is 22.2 Å². The predicted molar refractivity (Wildman–Crippen MR) is 156 cm³/mol. The van der Waals surface area contributed by atoms with Crippen LogP contribution in [0.3, 0.4) is 0 Å². The van der Waals surface area contributed by atoms with Crippen molar-refractivity contribution in [2.24, 2.45) is 5.73 Å². The molecular formula is C31H29N5O5. The van der Waals surface area contributed by atoms with Crippen molar-refractivity contribution in [3.8, 4) is 17.1 Å². The number of methoxy groups -OCH3 is 1. The monoisotopic (exact) mass is 551 g/mol. The molecular weight excluding hydrogens is 522 g/mol. The number of ether oxygens (including phenoxy) is 1. The normalized spacial score (nSPS) is 11.3. The van der Waals surface area contributed by atoms with E-state index in [4.69, 9.17) is 14.9 Å². The van der Waals surface area contributed by atoms with E-state index in [2.05, 4.69) is 15.3 Å². The van der Waals surface area contributed by atoms with E-state index >= 15 is 0 Å². The summed E-state index contributed by atoms with van der Waals surface area (Å²) in [6.07, 6.45) is 5.08. The number of aromatic amines is 1. The van der Waals surface area contributed by atoms with Crippen molar-refractivity contribution in [3.63, 3.8) is 0 Å². The molecule has 0 fully saturated rings. The molecule has 10 nitrogen and oxygen atoms in total. The summed E-state index contributed by atoms with van der Waals surface area (Å²) in [6, 6.07) is 19.8. The zero-order valence-corrected chi connectivity index (χ0v) is 22.8. The van der Waals surface area contributed by atoms with E-state index in [1.54, 1.807) is 36.5 Å². The third kappa shape index (κ3) is 5.67. The average Bonchev–Trinajstić information content (AvgIpc) is 3.65. The Bertz CT molecular complexity index is 1720. The molecule has 0 aliphatic rings. The number of hydrogen-bond acceptors (Lipinski definition) is 6. The number of amides is 3. The molecule has 0 saturated carbocycles. The van der Waals surface area contributed by atoms with Crippen molar-refractivity contribution in [2.45, 2.75) is 25.8 Å². The first-order chi connectivity index (χ1) is 19.7. The second-order valence-corrected chi connectivity index (χ2v) is 10.2. The molecule has 2 aromatic heterocycles. The molecule has 0 radical (unpaired) electrons. The summed E-state index contributed by atoms with van der Waals surface area (Å²) in [6.45, 7) is 3.67. The van der Waals surface area contributed by atoms with E-state index in [9.17, 15) is 14.4 Å². The number of nitrogens with zero attached hydrogens (tertiary/aromatic N) is 2. The number of oxazole rings is 1. The summed E-state index contributed by atoms with van der Waals surface area (Å²) < 4.78 is 10.9. The summed E-state index contributed by atoms with van der Waals surface area (Å²) in [4.78, 5) is 46.5. The minimum atomic E-state index is -1.08. The van der Waals surface area contributed by atoms with Crippen LogP contribution in [-0.4, -0.2) is 40.3 Å². The van der Waals surface area contributed by atoms with Gasteiger partial charge in [0.1, 0.15) is 5.75 Å². The maximum absolute atomic E-state index is 13.1. The molecule has 0 bridgehead atoms. The Morgan fingerprint density at radius 1 is 1.05 bits per heavy atom. The minimum absolute atomic E-state index is 0.241. The van der Waals surface area contributed by atoms with Crippen molar-refractivity contribution in [1.82, 2.24) is 9.97 Å². The van der Waals surface area contributed by atoms with Gasteiger partial charge in [-0.3, -0.25) is 19.3 Å². The fraction of sp³-hybridized carbons (Fsp3) is 0.161. The summed E-state index contributed by atoms with van der Waals surface area (Å²) in [5.74, 6) is -1.26. The molecule has 0 atom stereocenters. The maximum Gasteiger partial charge on any atom is 0.316 e. The Kier molecular flexibility index (Phi) is 7.30. The third-order valence-electron chi connectivity index (χ3n) is 6.82. The lowest BCUT2D eigenvalue weighted by atomic mass is 9.91. The zero-order chi connectivity index (χ0) is 29.1. The lowest BCUT2D eigenvalue weighted by Gasteiger charge is -2.38. The van der Waals surface area contributed by atoms with Gasteiger partial charge in [-0.15, -0.1) is 0 Å². The predicted octanol–water partition coefficient (Wildman–Crippen LogP) is 4.92. The molecule has 0 unspecified atom stereocenters. The molecule has 0 spiro atoms. The fourth-order valence-corrected chi connectivity index (χ4v) is 4.91. The van der Waals surface area contributed by atoms with Gasteiger partial charge in [0.2, 0.25) is 0 Å². The first kappa shape index (κ1) is 27.2. The number of aromatic nitrogens is 2. The average molecular weight is 552 g/mol. The molecule has 5 aromatic rings. The summed E-state index contributed by atoms with van der Waals surface area (Å²) in [5.41, 5.74) is 8.65. The van der Waals surface area contributed by atoms with Gasteiger partial charge < -0.3 is 25.2 Å². The van der Waals surface area contributed by atoms with E-state index in [-0.39, 0.29) is 5.91 Å². The quantitative estimate of drug-likeness (QED) is 0.234. The van der Waals surface area contributed by atoms with Gasteiger partial charge in [0.15, 0.2) is 12.2 Å². The second-order valence-electron chi connectivity index (χ2n) is 10.2. The van der Waals surface area contributed by atoms with Crippen LogP contribution in [0.5, 0.6) is 5.75 Å². The van der Waals surface area contributed by atoms with Crippen molar-refractivity contribution in [2.75, 3.05) is 17.3 Å². The number of carbonyl (C=O) groups is 3. The number of primary amides is 1. The van der Waals surface area contributed by atoms with Crippen LogP contribution in [-0.2, 0) is 16.0 Å². The van der Waals surface area contributed by atoms with E-state index in [0.29, 0.717) is 40.4 Å².